The van der Waals surface area contributed by atoms with Crippen molar-refractivity contribution in [3.8, 4) is 17.2 Å². The molecule has 1 heterocycles. The summed E-state index contributed by atoms with van der Waals surface area (Å²) in [7, 11) is 0. The van der Waals surface area contributed by atoms with Crippen LogP contribution in [0.3, 0.4) is 0 Å². The van der Waals surface area contributed by atoms with Gasteiger partial charge in [0, 0.05) is 4.47 Å². The molecule has 72 valence electrons. The van der Waals surface area contributed by atoms with E-state index in [2.05, 4.69) is 26.1 Å². The number of halogens is 1. The molecule has 0 saturated heterocycles. The van der Waals surface area contributed by atoms with Gasteiger partial charge in [-0.05, 0) is 41.1 Å². The third-order valence-corrected chi connectivity index (χ3v) is 2.40. The Balaban J connectivity index is 2.55. The summed E-state index contributed by atoms with van der Waals surface area (Å²) in [5.41, 5.74) is 0.686. The van der Waals surface area contributed by atoms with E-state index in [0.29, 0.717) is 17.3 Å². The first-order valence-electron chi connectivity index (χ1n) is 3.96. The van der Waals surface area contributed by atoms with Gasteiger partial charge in [-0.25, -0.2) is 0 Å². The van der Waals surface area contributed by atoms with Gasteiger partial charge in [0.25, 0.3) is 5.89 Å². The van der Waals surface area contributed by atoms with Crippen LogP contribution in [0.5, 0.6) is 5.75 Å². The zero-order valence-corrected chi connectivity index (χ0v) is 8.95. The lowest BCUT2D eigenvalue weighted by atomic mass is 10.2. The molecule has 0 aliphatic rings. The Labute approximate surface area is 88.7 Å². The minimum Gasteiger partial charge on any atom is -0.508 e. The minimum atomic E-state index is 0.166. The van der Waals surface area contributed by atoms with E-state index >= 15 is 0 Å². The maximum atomic E-state index is 9.29. The van der Waals surface area contributed by atoms with Crippen molar-refractivity contribution < 1.29 is 9.63 Å². The van der Waals surface area contributed by atoms with E-state index in [1.807, 2.05) is 0 Å². The predicted molar refractivity (Wildman–Crippen MR) is 53.8 cm³/mol. The second-order valence-electron chi connectivity index (χ2n) is 2.81. The number of phenolic OH excluding ortho intramolecular Hbond substituents is 1. The van der Waals surface area contributed by atoms with Gasteiger partial charge in [0.05, 0.1) is 5.56 Å². The van der Waals surface area contributed by atoms with Crippen LogP contribution in [0.2, 0.25) is 0 Å². The van der Waals surface area contributed by atoms with Gasteiger partial charge < -0.3 is 9.63 Å². The molecule has 0 spiro atoms. The van der Waals surface area contributed by atoms with Crippen LogP contribution >= 0.6 is 15.9 Å². The number of nitrogens with zero attached hydrogens (tertiary/aromatic N) is 2. The van der Waals surface area contributed by atoms with Crippen molar-refractivity contribution in [2.45, 2.75) is 6.92 Å². The standard InChI is InChI=1S/C9H7BrN2O2/c1-5-11-9(14-12-5)7-4-6(13)2-3-8(7)10/h2-4,13H,1H3. The third-order valence-electron chi connectivity index (χ3n) is 1.71. The molecular formula is C9H7BrN2O2. The van der Waals surface area contributed by atoms with Gasteiger partial charge in [0.2, 0.25) is 0 Å². The fourth-order valence-corrected chi connectivity index (χ4v) is 1.50. The van der Waals surface area contributed by atoms with Gasteiger partial charge in [0.15, 0.2) is 5.82 Å². The fourth-order valence-electron chi connectivity index (χ4n) is 1.08. The molecule has 0 aliphatic heterocycles. The van der Waals surface area contributed by atoms with Crippen LogP contribution < -0.4 is 0 Å². The Morgan fingerprint density at radius 3 is 2.86 bits per heavy atom. The lowest BCUT2D eigenvalue weighted by molar-refractivity contribution is 0.424. The van der Waals surface area contributed by atoms with Gasteiger partial charge in [-0.1, -0.05) is 5.16 Å². The third kappa shape index (κ3) is 1.63. The van der Waals surface area contributed by atoms with E-state index in [9.17, 15) is 5.11 Å². The van der Waals surface area contributed by atoms with E-state index < -0.39 is 0 Å². The summed E-state index contributed by atoms with van der Waals surface area (Å²) >= 11 is 3.34. The molecule has 0 saturated carbocycles. The van der Waals surface area contributed by atoms with Crippen molar-refractivity contribution in [1.82, 2.24) is 10.1 Å². The molecule has 0 bridgehead atoms. The molecule has 1 aromatic heterocycles. The number of phenols is 1. The van der Waals surface area contributed by atoms with Crippen molar-refractivity contribution in [3.05, 3.63) is 28.5 Å². The molecule has 0 fully saturated rings. The molecule has 0 unspecified atom stereocenters. The van der Waals surface area contributed by atoms with Crippen LogP contribution in [0.4, 0.5) is 0 Å². The normalized spacial score (nSPS) is 10.4. The van der Waals surface area contributed by atoms with E-state index in [4.69, 9.17) is 4.52 Å². The number of hydrogen-bond acceptors (Lipinski definition) is 4. The van der Waals surface area contributed by atoms with Crippen LogP contribution in [0.15, 0.2) is 27.2 Å². The van der Waals surface area contributed by atoms with Crippen LogP contribution in [-0.4, -0.2) is 15.2 Å². The molecule has 2 rings (SSSR count). The van der Waals surface area contributed by atoms with Gasteiger partial charge >= 0.3 is 0 Å². The molecule has 0 aliphatic carbocycles. The fraction of sp³-hybridized carbons (Fsp3) is 0.111. The van der Waals surface area contributed by atoms with Gasteiger partial charge in [-0.3, -0.25) is 0 Å². The highest BCUT2D eigenvalue weighted by Crippen LogP contribution is 2.29. The van der Waals surface area contributed by atoms with E-state index in [1.165, 1.54) is 0 Å². The maximum Gasteiger partial charge on any atom is 0.259 e. The summed E-state index contributed by atoms with van der Waals surface area (Å²) in [6.45, 7) is 1.74. The molecule has 2 aromatic rings. The predicted octanol–water partition coefficient (Wildman–Crippen LogP) is 2.51. The molecular weight excluding hydrogens is 248 g/mol. The Morgan fingerprint density at radius 1 is 1.43 bits per heavy atom. The van der Waals surface area contributed by atoms with E-state index in [1.54, 1.807) is 25.1 Å². The first kappa shape index (κ1) is 9.21. The maximum absolute atomic E-state index is 9.29. The number of hydrogen-bond donors (Lipinski definition) is 1. The number of rotatable bonds is 1. The highest BCUT2D eigenvalue weighted by molar-refractivity contribution is 9.10. The summed E-state index contributed by atoms with van der Waals surface area (Å²) in [4.78, 5) is 4.06. The number of aryl methyl sites for hydroxylation is 1. The van der Waals surface area contributed by atoms with E-state index in [-0.39, 0.29) is 5.75 Å². The molecule has 0 amide bonds. The van der Waals surface area contributed by atoms with Gasteiger partial charge in [-0.15, -0.1) is 0 Å². The zero-order chi connectivity index (χ0) is 10.1. The summed E-state index contributed by atoms with van der Waals surface area (Å²) in [5, 5.41) is 13.0. The molecule has 0 atom stereocenters. The lowest BCUT2D eigenvalue weighted by Gasteiger charge is -1.98. The summed E-state index contributed by atoms with van der Waals surface area (Å²) < 4.78 is 5.79. The first-order chi connectivity index (χ1) is 6.66. The Bertz CT molecular complexity index is 468. The molecule has 1 aromatic carbocycles. The van der Waals surface area contributed by atoms with Gasteiger partial charge in [-0.2, -0.15) is 4.98 Å². The lowest BCUT2D eigenvalue weighted by Crippen LogP contribution is -1.80. The van der Waals surface area contributed by atoms with Crippen molar-refractivity contribution in [1.29, 1.82) is 0 Å². The second kappa shape index (κ2) is 3.42. The van der Waals surface area contributed by atoms with Gasteiger partial charge in [0.1, 0.15) is 5.75 Å². The quantitative estimate of drug-likeness (QED) is 0.850. The van der Waals surface area contributed by atoms with E-state index in [0.717, 1.165) is 4.47 Å². The number of benzene rings is 1. The molecule has 5 heteroatoms. The van der Waals surface area contributed by atoms with Crippen molar-refractivity contribution in [2.24, 2.45) is 0 Å². The van der Waals surface area contributed by atoms with Crippen molar-refractivity contribution in [3.63, 3.8) is 0 Å². The largest absolute Gasteiger partial charge is 0.508 e. The first-order valence-corrected chi connectivity index (χ1v) is 4.75. The van der Waals surface area contributed by atoms with Crippen LogP contribution in [0.25, 0.3) is 11.5 Å². The zero-order valence-electron chi connectivity index (χ0n) is 7.36. The van der Waals surface area contributed by atoms with Crippen LogP contribution in [0.1, 0.15) is 5.82 Å². The summed E-state index contributed by atoms with van der Waals surface area (Å²) in [5.74, 6) is 1.12. The average Bonchev–Trinajstić information content (AvgIpc) is 2.56. The van der Waals surface area contributed by atoms with Crippen LogP contribution in [-0.2, 0) is 0 Å². The Kier molecular flexibility index (Phi) is 2.25. The monoisotopic (exact) mass is 254 g/mol. The summed E-state index contributed by atoms with van der Waals surface area (Å²) in [6, 6.07) is 4.87. The Morgan fingerprint density at radius 2 is 2.21 bits per heavy atom. The Hall–Kier alpha value is -1.36. The SMILES string of the molecule is Cc1noc(-c2cc(O)ccc2Br)n1. The average molecular weight is 255 g/mol. The van der Waals surface area contributed by atoms with Crippen LogP contribution in [0, 0.1) is 6.92 Å². The molecule has 14 heavy (non-hydrogen) atoms. The minimum absolute atomic E-state index is 0.166. The van der Waals surface area contributed by atoms with Crippen molar-refractivity contribution >= 4 is 15.9 Å². The second-order valence-corrected chi connectivity index (χ2v) is 3.67. The number of aromatic hydroxyl groups is 1. The van der Waals surface area contributed by atoms with Crippen molar-refractivity contribution in [2.75, 3.05) is 0 Å². The topological polar surface area (TPSA) is 59.2 Å². The highest BCUT2D eigenvalue weighted by atomic mass is 79.9. The molecule has 4 nitrogen and oxygen atoms in total. The highest BCUT2D eigenvalue weighted by Gasteiger charge is 2.10. The number of aromatic nitrogens is 2. The molecule has 1 N–H and O–H groups in total. The summed E-state index contributed by atoms with van der Waals surface area (Å²) in [6.07, 6.45) is 0. The molecule has 0 radical (unpaired) electrons. The smallest absolute Gasteiger partial charge is 0.259 e.